The maximum atomic E-state index is 12.8. The molecule has 4 atom stereocenters. The van der Waals surface area contributed by atoms with Crippen molar-refractivity contribution in [1.82, 2.24) is 4.90 Å². The van der Waals surface area contributed by atoms with Crippen LogP contribution >= 0.6 is 0 Å². The van der Waals surface area contributed by atoms with Crippen LogP contribution in [0, 0.1) is 40.4 Å². The van der Waals surface area contributed by atoms with Crippen LogP contribution in [0.15, 0.2) is 24.8 Å². The number of allylic oxidation sites excluding steroid dienone is 3. The first-order valence-electron chi connectivity index (χ1n) is 9.09. The van der Waals surface area contributed by atoms with Crippen LogP contribution in [0.1, 0.15) is 48.0 Å². The van der Waals surface area contributed by atoms with Gasteiger partial charge in [-0.25, -0.2) is 0 Å². The normalized spacial score (nSPS) is 31.4. The van der Waals surface area contributed by atoms with Gasteiger partial charge in [0.25, 0.3) is 0 Å². The molecule has 1 heterocycles. The van der Waals surface area contributed by atoms with Crippen molar-refractivity contribution in [2.75, 3.05) is 7.05 Å². The predicted octanol–water partition coefficient (Wildman–Crippen LogP) is 4.30. The van der Waals surface area contributed by atoms with Gasteiger partial charge in [0.1, 0.15) is 0 Å². The lowest BCUT2D eigenvalue weighted by molar-refractivity contribution is -0.140. The van der Waals surface area contributed by atoms with Gasteiger partial charge in [0.2, 0.25) is 11.8 Å². The Balaban J connectivity index is 2.46. The van der Waals surface area contributed by atoms with E-state index in [9.17, 15) is 9.59 Å². The molecule has 4 unspecified atom stereocenters. The van der Waals surface area contributed by atoms with E-state index in [1.54, 1.807) is 7.05 Å². The zero-order valence-electron chi connectivity index (χ0n) is 16.3. The Hall–Kier alpha value is -1.38. The maximum absolute atomic E-state index is 12.8. The fourth-order valence-corrected chi connectivity index (χ4v) is 4.37. The summed E-state index contributed by atoms with van der Waals surface area (Å²) >= 11 is 0. The van der Waals surface area contributed by atoms with Crippen LogP contribution in [0.3, 0.4) is 0 Å². The highest BCUT2D eigenvalue weighted by molar-refractivity contribution is 6.05. The summed E-state index contributed by atoms with van der Waals surface area (Å²) in [6.45, 7) is 17.1. The number of hydrogen-bond acceptors (Lipinski definition) is 2. The Kier molecular flexibility index (Phi) is 4.87. The molecule has 24 heavy (non-hydrogen) atoms. The summed E-state index contributed by atoms with van der Waals surface area (Å²) in [7, 11) is 1.63. The molecule has 0 radical (unpaired) electrons. The summed E-state index contributed by atoms with van der Waals surface area (Å²) < 4.78 is 0. The molecule has 2 fully saturated rings. The van der Waals surface area contributed by atoms with Crippen molar-refractivity contribution in [2.24, 2.45) is 40.4 Å². The predicted molar refractivity (Wildman–Crippen MR) is 98.1 cm³/mol. The molecule has 0 N–H and O–H groups in total. The molecular formula is C21H33NO2. The van der Waals surface area contributed by atoms with E-state index < -0.39 is 0 Å². The molecule has 1 aliphatic heterocycles. The third-order valence-electron chi connectivity index (χ3n) is 6.88. The van der Waals surface area contributed by atoms with Crippen LogP contribution in [0.4, 0.5) is 0 Å². The van der Waals surface area contributed by atoms with E-state index in [0.29, 0.717) is 5.92 Å². The first kappa shape index (κ1) is 19.0. The molecule has 2 rings (SSSR count). The number of fused-ring (bicyclic) bond motifs is 1. The maximum Gasteiger partial charge on any atom is 0.233 e. The van der Waals surface area contributed by atoms with Gasteiger partial charge in [0.15, 0.2) is 0 Å². The van der Waals surface area contributed by atoms with E-state index in [2.05, 4.69) is 60.3 Å². The molecular weight excluding hydrogens is 298 g/mol. The van der Waals surface area contributed by atoms with E-state index in [1.165, 1.54) is 4.90 Å². The highest BCUT2D eigenvalue weighted by Crippen LogP contribution is 2.59. The Morgan fingerprint density at radius 3 is 2.17 bits per heavy atom. The van der Waals surface area contributed by atoms with Crippen molar-refractivity contribution in [1.29, 1.82) is 0 Å². The molecule has 0 spiro atoms. The van der Waals surface area contributed by atoms with Crippen molar-refractivity contribution >= 4 is 11.8 Å². The molecule has 3 heteroatoms. The second-order valence-electron chi connectivity index (χ2n) is 9.07. The molecule has 134 valence electrons. The average Bonchev–Trinajstić information content (AvgIpc) is 2.98. The molecule has 0 aromatic heterocycles. The van der Waals surface area contributed by atoms with Gasteiger partial charge in [-0.15, -0.1) is 6.58 Å². The van der Waals surface area contributed by atoms with Gasteiger partial charge >= 0.3 is 0 Å². The van der Waals surface area contributed by atoms with Gasteiger partial charge in [-0.05, 0) is 35.0 Å². The van der Waals surface area contributed by atoms with E-state index in [4.69, 9.17) is 0 Å². The van der Waals surface area contributed by atoms with Crippen molar-refractivity contribution in [3.63, 3.8) is 0 Å². The lowest BCUT2D eigenvalue weighted by Crippen LogP contribution is -2.42. The Labute approximate surface area is 147 Å². The van der Waals surface area contributed by atoms with E-state index in [0.717, 1.165) is 6.42 Å². The summed E-state index contributed by atoms with van der Waals surface area (Å²) in [5.41, 5.74) is -0.220. The zero-order valence-corrected chi connectivity index (χ0v) is 16.3. The summed E-state index contributed by atoms with van der Waals surface area (Å²) in [4.78, 5) is 26.9. The largest absolute Gasteiger partial charge is 0.285 e. The molecule has 2 amide bonds. The van der Waals surface area contributed by atoms with Crippen LogP contribution in [0.5, 0.6) is 0 Å². The molecule has 1 aliphatic carbocycles. The van der Waals surface area contributed by atoms with Crippen molar-refractivity contribution < 1.29 is 9.59 Å². The molecule has 0 bridgehead atoms. The third kappa shape index (κ3) is 2.76. The number of amides is 2. The minimum atomic E-state index is -0.196. The van der Waals surface area contributed by atoms with Gasteiger partial charge in [0, 0.05) is 7.05 Å². The Morgan fingerprint density at radius 2 is 1.67 bits per heavy atom. The van der Waals surface area contributed by atoms with E-state index in [1.807, 2.05) is 6.08 Å². The second-order valence-corrected chi connectivity index (χ2v) is 9.07. The Morgan fingerprint density at radius 1 is 1.12 bits per heavy atom. The van der Waals surface area contributed by atoms with E-state index >= 15 is 0 Å². The molecule has 0 aromatic carbocycles. The number of carbonyl (C=O) groups excluding carboxylic acids is 2. The van der Waals surface area contributed by atoms with Crippen LogP contribution in [-0.2, 0) is 9.59 Å². The monoisotopic (exact) mass is 331 g/mol. The average molecular weight is 332 g/mol. The molecule has 1 saturated heterocycles. The first-order chi connectivity index (χ1) is 11.0. The van der Waals surface area contributed by atoms with Crippen LogP contribution in [-0.4, -0.2) is 23.8 Å². The highest BCUT2D eigenvalue weighted by atomic mass is 16.2. The van der Waals surface area contributed by atoms with Crippen LogP contribution in [0.2, 0.25) is 0 Å². The molecule has 1 saturated carbocycles. The van der Waals surface area contributed by atoms with Crippen LogP contribution < -0.4 is 0 Å². The van der Waals surface area contributed by atoms with E-state index in [-0.39, 0.29) is 46.3 Å². The number of carbonyl (C=O) groups is 2. The van der Waals surface area contributed by atoms with Gasteiger partial charge in [-0.3, -0.25) is 14.5 Å². The number of likely N-dealkylation sites (tertiary alicyclic amines) is 1. The van der Waals surface area contributed by atoms with Crippen LogP contribution in [0.25, 0.3) is 0 Å². The van der Waals surface area contributed by atoms with Gasteiger partial charge < -0.3 is 0 Å². The topological polar surface area (TPSA) is 37.4 Å². The second kappa shape index (κ2) is 6.16. The zero-order chi connectivity index (χ0) is 18.4. The standard InChI is InChI=1S/C21H33NO2/c1-9-20(4,5)21(6,7)15-12-14(11-10-13(2)3)16-17(15)19(24)22(8)18(16)23/h9-11,13-17H,1,12H2,2-8H3/b11-10+. The quantitative estimate of drug-likeness (QED) is 0.556. The summed E-state index contributed by atoms with van der Waals surface area (Å²) in [6.07, 6.45) is 7.24. The summed E-state index contributed by atoms with van der Waals surface area (Å²) in [5, 5.41) is 0. The Bertz CT molecular complexity index is 570. The fraction of sp³-hybridized carbons (Fsp3) is 0.714. The first-order valence-corrected chi connectivity index (χ1v) is 9.09. The van der Waals surface area contributed by atoms with Crippen molar-refractivity contribution in [2.45, 2.75) is 48.0 Å². The summed E-state index contributed by atoms with van der Waals surface area (Å²) in [6, 6.07) is 0. The lowest BCUT2D eigenvalue weighted by atomic mass is 9.58. The van der Waals surface area contributed by atoms with Gasteiger partial charge in [-0.2, -0.15) is 0 Å². The SMILES string of the molecule is C=CC(C)(C)C(C)(C)C1CC(/C=C/C(C)C)C2C(=O)N(C)C(=O)C21. The summed E-state index contributed by atoms with van der Waals surface area (Å²) in [5.74, 6) is 0.398. The molecule has 2 aliphatic rings. The molecule has 0 aromatic rings. The number of imide groups is 1. The number of hydrogen-bond donors (Lipinski definition) is 0. The van der Waals surface area contributed by atoms with Gasteiger partial charge in [0.05, 0.1) is 11.8 Å². The molecule has 3 nitrogen and oxygen atoms in total. The minimum absolute atomic E-state index is 0.00175. The van der Waals surface area contributed by atoms with Gasteiger partial charge in [-0.1, -0.05) is 59.8 Å². The van der Waals surface area contributed by atoms with Crippen molar-refractivity contribution in [3.05, 3.63) is 24.8 Å². The minimum Gasteiger partial charge on any atom is -0.285 e. The lowest BCUT2D eigenvalue weighted by Gasteiger charge is -2.46. The highest BCUT2D eigenvalue weighted by Gasteiger charge is 2.61. The smallest absolute Gasteiger partial charge is 0.233 e. The third-order valence-corrected chi connectivity index (χ3v) is 6.88. The van der Waals surface area contributed by atoms with Crippen molar-refractivity contribution in [3.8, 4) is 0 Å². The number of nitrogens with zero attached hydrogens (tertiary/aromatic N) is 1. The fourth-order valence-electron chi connectivity index (χ4n) is 4.37. The number of rotatable bonds is 5.